The standard InChI is InChI=1S/C14H14N2O3S/c1-9(16)11(7-15)12(17)8-19-14(18)10-5-3-4-6-13(10)20-2/h3-6,11,16H,8H2,1-2H3. The van der Waals surface area contributed by atoms with Crippen LogP contribution in [0.4, 0.5) is 0 Å². The van der Waals surface area contributed by atoms with Crippen molar-refractivity contribution in [3.8, 4) is 6.07 Å². The molecule has 1 unspecified atom stereocenters. The maximum absolute atomic E-state index is 11.9. The molecule has 1 rings (SSSR count). The first kappa shape index (κ1) is 15.9. The highest BCUT2D eigenvalue weighted by Gasteiger charge is 2.22. The van der Waals surface area contributed by atoms with E-state index in [9.17, 15) is 9.59 Å². The SMILES string of the molecule is CSc1ccccc1C(=O)OCC(=O)C(C#N)C(C)=N. The molecule has 0 saturated carbocycles. The van der Waals surface area contributed by atoms with Crippen molar-refractivity contribution in [2.24, 2.45) is 5.92 Å². The lowest BCUT2D eigenvalue weighted by Crippen LogP contribution is -2.25. The number of carbonyl (C=O) groups is 2. The first-order valence-corrected chi connectivity index (χ1v) is 7.01. The van der Waals surface area contributed by atoms with Crippen LogP contribution in [0, 0.1) is 22.7 Å². The highest BCUT2D eigenvalue weighted by atomic mass is 32.2. The molecule has 0 amide bonds. The zero-order valence-corrected chi connectivity index (χ0v) is 12.0. The smallest absolute Gasteiger partial charge is 0.339 e. The Bertz CT molecular complexity index is 578. The van der Waals surface area contributed by atoms with Crippen molar-refractivity contribution in [1.82, 2.24) is 0 Å². The van der Waals surface area contributed by atoms with Crippen molar-refractivity contribution in [2.45, 2.75) is 11.8 Å². The number of nitrogens with one attached hydrogen (secondary N) is 1. The van der Waals surface area contributed by atoms with Crippen molar-refractivity contribution >= 4 is 29.2 Å². The summed E-state index contributed by atoms with van der Waals surface area (Å²) in [5, 5.41) is 16.1. The summed E-state index contributed by atoms with van der Waals surface area (Å²) in [6, 6.07) is 8.62. The minimum atomic E-state index is -1.15. The van der Waals surface area contributed by atoms with Gasteiger partial charge in [0.05, 0.1) is 11.6 Å². The number of nitriles is 1. The van der Waals surface area contributed by atoms with E-state index < -0.39 is 24.3 Å². The van der Waals surface area contributed by atoms with Gasteiger partial charge in [-0.2, -0.15) is 5.26 Å². The summed E-state index contributed by atoms with van der Waals surface area (Å²) in [6.07, 6.45) is 1.83. The van der Waals surface area contributed by atoms with Gasteiger partial charge in [0.25, 0.3) is 0 Å². The molecule has 0 aliphatic rings. The first-order valence-electron chi connectivity index (χ1n) is 5.78. The second kappa shape index (κ2) is 7.46. The van der Waals surface area contributed by atoms with E-state index >= 15 is 0 Å². The quantitative estimate of drug-likeness (QED) is 0.493. The number of hydrogen-bond donors (Lipinski definition) is 1. The van der Waals surface area contributed by atoms with E-state index in [4.69, 9.17) is 15.4 Å². The van der Waals surface area contributed by atoms with Gasteiger partial charge in [0, 0.05) is 10.6 Å². The minimum absolute atomic E-state index is 0.0573. The summed E-state index contributed by atoms with van der Waals surface area (Å²) in [5.74, 6) is -2.35. The predicted molar refractivity (Wildman–Crippen MR) is 76.0 cm³/mol. The monoisotopic (exact) mass is 290 g/mol. The third-order valence-electron chi connectivity index (χ3n) is 2.56. The minimum Gasteiger partial charge on any atom is -0.454 e. The molecule has 0 aliphatic heterocycles. The van der Waals surface area contributed by atoms with Gasteiger partial charge in [0.1, 0.15) is 5.92 Å². The van der Waals surface area contributed by atoms with Crippen LogP contribution in [0.2, 0.25) is 0 Å². The third kappa shape index (κ3) is 3.93. The molecule has 0 spiro atoms. The lowest BCUT2D eigenvalue weighted by atomic mass is 10.0. The molecule has 0 heterocycles. The van der Waals surface area contributed by atoms with E-state index in [1.165, 1.54) is 18.7 Å². The molecule has 1 atom stereocenters. The molecule has 6 heteroatoms. The van der Waals surface area contributed by atoms with Crippen LogP contribution >= 0.6 is 11.8 Å². The largest absolute Gasteiger partial charge is 0.454 e. The maximum atomic E-state index is 11.9. The van der Waals surface area contributed by atoms with Crippen LogP contribution in [0.5, 0.6) is 0 Å². The van der Waals surface area contributed by atoms with E-state index in [0.717, 1.165) is 4.90 Å². The van der Waals surface area contributed by atoms with E-state index in [1.807, 2.05) is 6.26 Å². The van der Waals surface area contributed by atoms with Gasteiger partial charge in [-0.1, -0.05) is 12.1 Å². The van der Waals surface area contributed by atoms with Gasteiger partial charge in [-0.05, 0) is 25.3 Å². The van der Waals surface area contributed by atoms with E-state index in [1.54, 1.807) is 30.3 Å². The number of rotatable bonds is 6. The molecule has 0 aliphatic carbocycles. The Morgan fingerprint density at radius 3 is 2.65 bits per heavy atom. The van der Waals surface area contributed by atoms with Crippen LogP contribution in [0.1, 0.15) is 17.3 Å². The van der Waals surface area contributed by atoms with Crippen molar-refractivity contribution in [1.29, 1.82) is 10.7 Å². The maximum Gasteiger partial charge on any atom is 0.339 e. The topological polar surface area (TPSA) is 91.0 Å². The fourth-order valence-corrected chi connectivity index (χ4v) is 2.11. The molecule has 1 N–H and O–H groups in total. The molecular weight excluding hydrogens is 276 g/mol. The average Bonchev–Trinajstić information content (AvgIpc) is 2.45. The third-order valence-corrected chi connectivity index (χ3v) is 3.35. The second-order valence-electron chi connectivity index (χ2n) is 3.99. The number of carbonyl (C=O) groups excluding carboxylic acids is 2. The van der Waals surface area contributed by atoms with Gasteiger partial charge in [-0.3, -0.25) is 4.79 Å². The van der Waals surface area contributed by atoms with E-state index in [-0.39, 0.29) is 5.71 Å². The fraction of sp³-hybridized carbons (Fsp3) is 0.286. The molecule has 1 aromatic rings. The molecule has 0 aromatic heterocycles. The van der Waals surface area contributed by atoms with Gasteiger partial charge in [0.2, 0.25) is 0 Å². The van der Waals surface area contributed by atoms with Crippen LogP contribution < -0.4 is 0 Å². The van der Waals surface area contributed by atoms with Gasteiger partial charge < -0.3 is 10.1 Å². The van der Waals surface area contributed by atoms with Gasteiger partial charge in [0.15, 0.2) is 12.4 Å². The summed E-state index contributed by atoms with van der Waals surface area (Å²) in [4.78, 5) is 24.3. The number of thioether (sulfide) groups is 1. The van der Waals surface area contributed by atoms with Crippen LogP contribution in [-0.2, 0) is 9.53 Å². The average molecular weight is 290 g/mol. The van der Waals surface area contributed by atoms with Crippen molar-refractivity contribution in [2.75, 3.05) is 12.9 Å². The molecule has 0 radical (unpaired) electrons. The predicted octanol–water partition coefficient (Wildman–Crippen LogP) is 2.31. The summed E-state index contributed by atoms with van der Waals surface area (Å²) in [5.41, 5.74) is 0.325. The summed E-state index contributed by atoms with van der Waals surface area (Å²) in [7, 11) is 0. The van der Waals surface area contributed by atoms with E-state index in [2.05, 4.69) is 0 Å². The molecule has 1 aromatic carbocycles. The number of hydrogen-bond acceptors (Lipinski definition) is 6. The summed E-state index contributed by atoms with van der Waals surface area (Å²) >= 11 is 1.40. The van der Waals surface area contributed by atoms with Gasteiger partial charge in [-0.15, -0.1) is 11.8 Å². The van der Waals surface area contributed by atoms with Crippen molar-refractivity contribution in [3.63, 3.8) is 0 Å². The Balaban J connectivity index is 2.71. The molecule has 0 saturated heterocycles. The Morgan fingerprint density at radius 1 is 1.45 bits per heavy atom. The summed E-state index contributed by atoms with van der Waals surface area (Å²) in [6.45, 7) is 0.868. The zero-order chi connectivity index (χ0) is 15.1. The number of benzene rings is 1. The summed E-state index contributed by atoms with van der Waals surface area (Å²) < 4.78 is 4.92. The Hall–Kier alpha value is -2.13. The van der Waals surface area contributed by atoms with Gasteiger partial charge >= 0.3 is 5.97 Å². The number of Topliss-reactive ketones (excluding diaryl/α,β-unsaturated/α-hetero) is 1. The normalized spacial score (nSPS) is 11.2. The Morgan fingerprint density at radius 2 is 2.10 bits per heavy atom. The van der Waals surface area contributed by atoms with Crippen LogP contribution in [0.15, 0.2) is 29.2 Å². The number of ketones is 1. The van der Waals surface area contributed by atoms with Crippen LogP contribution in [-0.4, -0.2) is 30.3 Å². The number of nitrogens with zero attached hydrogens (tertiary/aromatic N) is 1. The second-order valence-corrected chi connectivity index (χ2v) is 4.84. The first-order chi connectivity index (χ1) is 9.51. The molecular formula is C14H14N2O3S. The zero-order valence-electron chi connectivity index (χ0n) is 11.2. The Labute approximate surface area is 121 Å². The highest BCUT2D eigenvalue weighted by Crippen LogP contribution is 2.20. The van der Waals surface area contributed by atoms with Crippen molar-refractivity contribution < 1.29 is 14.3 Å². The van der Waals surface area contributed by atoms with Crippen LogP contribution in [0.25, 0.3) is 0 Å². The highest BCUT2D eigenvalue weighted by molar-refractivity contribution is 7.98. The number of esters is 1. The lowest BCUT2D eigenvalue weighted by Gasteiger charge is -2.09. The molecule has 0 fully saturated rings. The molecule has 20 heavy (non-hydrogen) atoms. The molecule has 5 nitrogen and oxygen atoms in total. The molecule has 0 bridgehead atoms. The molecule has 104 valence electrons. The van der Waals surface area contributed by atoms with Crippen molar-refractivity contribution in [3.05, 3.63) is 29.8 Å². The Kier molecular flexibility index (Phi) is 5.94. The lowest BCUT2D eigenvalue weighted by molar-refractivity contribution is -0.122. The van der Waals surface area contributed by atoms with E-state index in [0.29, 0.717) is 5.56 Å². The van der Waals surface area contributed by atoms with Crippen LogP contribution in [0.3, 0.4) is 0 Å². The van der Waals surface area contributed by atoms with Gasteiger partial charge in [-0.25, -0.2) is 4.79 Å². The number of ether oxygens (including phenoxy) is 1. The fourth-order valence-electron chi connectivity index (χ4n) is 1.52.